The third kappa shape index (κ3) is 2.52. The minimum absolute atomic E-state index is 0.701. The zero-order valence-electron chi connectivity index (χ0n) is 11.6. The van der Waals surface area contributed by atoms with Gasteiger partial charge in [0.05, 0.1) is 24.1 Å². The van der Waals surface area contributed by atoms with Crippen molar-refractivity contribution in [3.8, 4) is 5.88 Å². The van der Waals surface area contributed by atoms with E-state index in [-0.39, 0.29) is 0 Å². The normalized spacial score (nSPS) is 10.8. The molecule has 0 aliphatic rings. The largest absolute Gasteiger partial charge is 0.476 e. The van der Waals surface area contributed by atoms with Crippen molar-refractivity contribution in [1.82, 2.24) is 9.78 Å². The van der Waals surface area contributed by atoms with E-state index >= 15 is 0 Å². The van der Waals surface area contributed by atoms with Crippen molar-refractivity contribution in [1.29, 1.82) is 0 Å². The summed E-state index contributed by atoms with van der Waals surface area (Å²) in [5.41, 5.74) is 2.35. The fourth-order valence-corrected chi connectivity index (χ4v) is 2.28. The van der Waals surface area contributed by atoms with Crippen LogP contribution in [0.3, 0.4) is 0 Å². The molecule has 0 aliphatic carbocycles. The first-order valence-corrected chi connectivity index (χ1v) is 7.00. The van der Waals surface area contributed by atoms with Crippen molar-refractivity contribution < 1.29 is 4.74 Å². The van der Waals surface area contributed by atoms with Crippen molar-refractivity contribution in [2.24, 2.45) is 0 Å². The number of benzene rings is 2. The second-order valence-corrected chi connectivity index (χ2v) is 4.81. The van der Waals surface area contributed by atoms with E-state index in [1.54, 1.807) is 0 Å². The van der Waals surface area contributed by atoms with Crippen molar-refractivity contribution in [3.05, 3.63) is 60.2 Å². The van der Waals surface area contributed by atoms with Gasteiger partial charge in [-0.05, 0) is 24.1 Å². The number of ether oxygens (including phenoxy) is 1. The molecule has 3 aromatic rings. The summed E-state index contributed by atoms with van der Waals surface area (Å²) in [4.78, 5) is 0. The van der Waals surface area contributed by atoms with Crippen LogP contribution in [-0.2, 0) is 6.54 Å². The van der Waals surface area contributed by atoms with Crippen molar-refractivity contribution in [2.75, 3.05) is 6.61 Å². The summed E-state index contributed by atoms with van der Waals surface area (Å²) in [7, 11) is 0. The number of aromatic nitrogens is 2. The molecule has 0 atom stereocenters. The topological polar surface area (TPSA) is 27.1 Å². The van der Waals surface area contributed by atoms with Crippen LogP contribution in [0.15, 0.2) is 54.6 Å². The monoisotopic (exact) mass is 266 g/mol. The van der Waals surface area contributed by atoms with Crippen LogP contribution in [-0.4, -0.2) is 16.4 Å². The lowest BCUT2D eigenvalue weighted by molar-refractivity contribution is 0.304. The third-order valence-corrected chi connectivity index (χ3v) is 3.24. The minimum Gasteiger partial charge on any atom is -0.476 e. The number of hydrogen-bond donors (Lipinski definition) is 0. The molecule has 0 amide bonds. The summed E-state index contributed by atoms with van der Waals surface area (Å²) in [6.45, 7) is 3.56. The quantitative estimate of drug-likeness (QED) is 0.701. The fraction of sp³-hybridized carbons (Fsp3) is 0.235. The summed E-state index contributed by atoms with van der Waals surface area (Å²) in [5, 5.41) is 5.70. The SMILES string of the molecule is CCCOc1nn(Cc2ccccc2)c2ccccc12. The Morgan fingerprint density at radius 1 is 1.00 bits per heavy atom. The van der Waals surface area contributed by atoms with E-state index in [2.05, 4.69) is 48.4 Å². The molecule has 0 saturated heterocycles. The zero-order valence-corrected chi connectivity index (χ0v) is 11.6. The van der Waals surface area contributed by atoms with E-state index < -0.39 is 0 Å². The molecule has 0 radical (unpaired) electrons. The highest BCUT2D eigenvalue weighted by Gasteiger charge is 2.10. The third-order valence-electron chi connectivity index (χ3n) is 3.24. The Labute approximate surface area is 118 Å². The Balaban J connectivity index is 1.98. The highest BCUT2D eigenvalue weighted by atomic mass is 16.5. The van der Waals surface area contributed by atoms with Gasteiger partial charge in [-0.25, -0.2) is 0 Å². The Bertz CT molecular complexity index is 689. The molecule has 0 unspecified atom stereocenters. The van der Waals surface area contributed by atoms with Gasteiger partial charge in [0.1, 0.15) is 0 Å². The van der Waals surface area contributed by atoms with Gasteiger partial charge >= 0.3 is 0 Å². The Kier molecular flexibility index (Phi) is 3.68. The van der Waals surface area contributed by atoms with Crippen LogP contribution in [0.2, 0.25) is 0 Å². The molecule has 0 N–H and O–H groups in total. The zero-order chi connectivity index (χ0) is 13.8. The van der Waals surface area contributed by atoms with Gasteiger partial charge < -0.3 is 4.74 Å². The molecule has 0 aliphatic heterocycles. The van der Waals surface area contributed by atoms with Crippen LogP contribution in [0.4, 0.5) is 0 Å². The maximum absolute atomic E-state index is 5.75. The van der Waals surface area contributed by atoms with Crippen LogP contribution in [0, 0.1) is 0 Å². The lowest BCUT2D eigenvalue weighted by Crippen LogP contribution is -2.02. The molecule has 3 heteroatoms. The van der Waals surface area contributed by atoms with Gasteiger partial charge in [-0.3, -0.25) is 4.68 Å². The van der Waals surface area contributed by atoms with Crippen LogP contribution in [0.25, 0.3) is 10.9 Å². The molecular formula is C17H18N2O. The Morgan fingerprint density at radius 3 is 2.55 bits per heavy atom. The second kappa shape index (κ2) is 5.78. The number of nitrogens with zero attached hydrogens (tertiary/aromatic N) is 2. The molecule has 1 aromatic heterocycles. The van der Waals surface area contributed by atoms with Gasteiger partial charge in [-0.15, -0.1) is 5.10 Å². The summed E-state index contributed by atoms with van der Waals surface area (Å²) in [6.07, 6.45) is 0.986. The molecule has 3 nitrogen and oxygen atoms in total. The van der Waals surface area contributed by atoms with E-state index in [1.807, 2.05) is 22.9 Å². The van der Waals surface area contributed by atoms with Gasteiger partial charge in [0, 0.05) is 0 Å². The maximum Gasteiger partial charge on any atom is 0.240 e. The molecule has 20 heavy (non-hydrogen) atoms. The average Bonchev–Trinajstić information content (AvgIpc) is 2.85. The van der Waals surface area contributed by atoms with Crippen molar-refractivity contribution in [3.63, 3.8) is 0 Å². The average molecular weight is 266 g/mol. The smallest absolute Gasteiger partial charge is 0.240 e. The molecule has 0 bridgehead atoms. The first-order valence-electron chi connectivity index (χ1n) is 7.00. The van der Waals surface area contributed by atoms with E-state index in [1.165, 1.54) is 5.56 Å². The predicted octanol–water partition coefficient (Wildman–Crippen LogP) is 3.87. The van der Waals surface area contributed by atoms with Gasteiger partial charge in [0.25, 0.3) is 0 Å². The first kappa shape index (κ1) is 12.7. The summed E-state index contributed by atoms with van der Waals surface area (Å²) >= 11 is 0. The van der Waals surface area contributed by atoms with E-state index in [0.29, 0.717) is 6.61 Å². The number of fused-ring (bicyclic) bond motifs is 1. The number of para-hydroxylation sites is 1. The maximum atomic E-state index is 5.75. The van der Waals surface area contributed by atoms with E-state index in [4.69, 9.17) is 4.74 Å². The van der Waals surface area contributed by atoms with Crippen LogP contribution < -0.4 is 4.74 Å². The van der Waals surface area contributed by atoms with Crippen molar-refractivity contribution >= 4 is 10.9 Å². The second-order valence-electron chi connectivity index (χ2n) is 4.81. The molecule has 0 spiro atoms. The molecule has 2 aromatic carbocycles. The number of rotatable bonds is 5. The number of hydrogen-bond acceptors (Lipinski definition) is 2. The van der Waals surface area contributed by atoms with Gasteiger partial charge in [0.2, 0.25) is 5.88 Å². The molecule has 0 saturated carbocycles. The van der Waals surface area contributed by atoms with Crippen molar-refractivity contribution in [2.45, 2.75) is 19.9 Å². The molecule has 0 fully saturated rings. The summed E-state index contributed by atoms with van der Waals surface area (Å²) < 4.78 is 7.76. The lowest BCUT2D eigenvalue weighted by Gasteiger charge is -2.03. The Morgan fingerprint density at radius 2 is 1.75 bits per heavy atom. The minimum atomic E-state index is 0.701. The Hall–Kier alpha value is -2.29. The lowest BCUT2D eigenvalue weighted by atomic mass is 10.2. The predicted molar refractivity (Wildman–Crippen MR) is 81.1 cm³/mol. The summed E-state index contributed by atoms with van der Waals surface area (Å²) in [6, 6.07) is 18.6. The van der Waals surface area contributed by atoms with Gasteiger partial charge in [-0.2, -0.15) is 0 Å². The molecule has 3 rings (SSSR count). The molecule has 102 valence electrons. The van der Waals surface area contributed by atoms with Crippen LogP contribution >= 0.6 is 0 Å². The highest BCUT2D eigenvalue weighted by molar-refractivity contribution is 5.84. The summed E-state index contributed by atoms with van der Waals surface area (Å²) in [5.74, 6) is 0.735. The molecule has 1 heterocycles. The van der Waals surface area contributed by atoms with Gasteiger partial charge in [0.15, 0.2) is 0 Å². The van der Waals surface area contributed by atoms with E-state index in [0.717, 1.165) is 29.7 Å². The van der Waals surface area contributed by atoms with Crippen LogP contribution in [0.1, 0.15) is 18.9 Å². The van der Waals surface area contributed by atoms with E-state index in [9.17, 15) is 0 Å². The standard InChI is InChI=1S/C17H18N2O/c1-2-12-20-17-15-10-6-7-11-16(15)19(18-17)13-14-8-4-3-5-9-14/h3-11H,2,12-13H2,1H3. The molecular weight excluding hydrogens is 248 g/mol. The first-order chi connectivity index (χ1) is 9.88. The van der Waals surface area contributed by atoms with Crippen LogP contribution in [0.5, 0.6) is 5.88 Å². The van der Waals surface area contributed by atoms with Gasteiger partial charge in [-0.1, -0.05) is 49.4 Å². The fourth-order valence-electron chi connectivity index (χ4n) is 2.28. The highest BCUT2D eigenvalue weighted by Crippen LogP contribution is 2.25.